The summed E-state index contributed by atoms with van der Waals surface area (Å²) in [5.41, 5.74) is 1.18. The van der Waals surface area contributed by atoms with E-state index in [0.717, 1.165) is 23.8 Å². The Hall–Kier alpha value is -2.88. The van der Waals surface area contributed by atoms with Crippen molar-refractivity contribution in [3.63, 3.8) is 0 Å². The van der Waals surface area contributed by atoms with Crippen LogP contribution in [0.25, 0.3) is 0 Å². The quantitative estimate of drug-likeness (QED) is 0.362. The van der Waals surface area contributed by atoms with Gasteiger partial charge >= 0.3 is 0 Å². The van der Waals surface area contributed by atoms with Crippen LogP contribution >= 0.6 is 0 Å². The second-order valence-corrected chi connectivity index (χ2v) is 7.85. The molecule has 0 saturated heterocycles. The Morgan fingerprint density at radius 2 is 1.70 bits per heavy atom. The number of hydrogen-bond acceptors (Lipinski definition) is 5. The van der Waals surface area contributed by atoms with Gasteiger partial charge in [-0.15, -0.1) is 0 Å². The standard InChI is InChI=1S/C24H30F2N2O5/c1-16(30)27-22(11-18-9-19(25)12-20(26)10-18)23(31)13-21(7-8-29)28-24(32)15-33-14-17-5-3-2-4-6-17/h2-6,9-10,12,21-23,29,31H,7-8,11,13-15H2,1H3,(H,27,30)(H,28,32)/t21?,22-,23-/m0/s1. The molecular weight excluding hydrogens is 434 g/mol. The molecule has 0 aliphatic carbocycles. The van der Waals surface area contributed by atoms with Crippen molar-refractivity contribution in [1.29, 1.82) is 0 Å². The van der Waals surface area contributed by atoms with Crippen molar-refractivity contribution in [3.05, 3.63) is 71.3 Å². The topological polar surface area (TPSA) is 108 Å². The molecule has 2 aromatic rings. The third-order valence-electron chi connectivity index (χ3n) is 4.94. The van der Waals surface area contributed by atoms with E-state index in [1.165, 1.54) is 6.92 Å². The van der Waals surface area contributed by atoms with Gasteiger partial charge in [0.2, 0.25) is 11.8 Å². The molecule has 0 aromatic heterocycles. The molecule has 0 spiro atoms. The first kappa shape index (κ1) is 26.4. The summed E-state index contributed by atoms with van der Waals surface area (Å²) in [7, 11) is 0. The fourth-order valence-corrected chi connectivity index (χ4v) is 3.49. The van der Waals surface area contributed by atoms with E-state index in [1.54, 1.807) is 0 Å². The maximum absolute atomic E-state index is 13.5. The van der Waals surface area contributed by atoms with E-state index in [2.05, 4.69) is 10.6 Å². The van der Waals surface area contributed by atoms with Crippen LogP contribution in [0.2, 0.25) is 0 Å². The lowest BCUT2D eigenvalue weighted by atomic mass is 9.95. The normalized spacial score (nSPS) is 13.7. The summed E-state index contributed by atoms with van der Waals surface area (Å²) in [6, 6.07) is 10.9. The average molecular weight is 465 g/mol. The predicted molar refractivity (Wildman–Crippen MR) is 118 cm³/mol. The van der Waals surface area contributed by atoms with Gasteiger partial charge in [-0.1, -0.05) is 30.3 Å². The first-order chi connectivity index (χ1) is 15.8. The maximum atomic E-state index is 13.5. The number of rotatable bonds is 13. The highest BCUT2D eigenvalue weighted by Gasteiger charge is 2.25. The first-order valence-corrected chi connectivity index (χ1v) is 10.7. The lowest BCUT2D eigenvalue weighted by molar-refractivity contribution is -0.127. The van der Waals surface area contributed by atoms with E-state index in [1.807, 2.05) is 30.3 Å². The summed E-state index contributed by atoms with van der Waals surface area (Å²) >= 11 is 0. The number of benzene rings is 2. The monoisotopic (exact) mass is 464 g/mol. The number of nitrogens with one attached hydrogen (secondary N) is 2. The SMILES string of the molecule is CC(=O)N[C@@H](Cc1cc(F)cc(F)c1)[C@@H](O)CC(CCO)NC(=O)COCc1ccccc1. The minimum Gasteiger partial charge on any atom is -0.396 e. The van der Waals surface area contributed by atoms with Crippen LogP contribution in [0.5, 0.6) is 0 Å². The Balaban J connectivity index is 1.95. The highest BCUT2D eigenvalue weighted by atomic mass is 19.1. The minimum atomic E-state index is -1.15. The van der Waals surface area contributed by atoms with Crippen LogP contribution < -0.4 is 10.6 Å². The molecular formula is C24H30F2N2O5. The Morgan fingerprint density at radius 3 is 2.30 bits per heavy atom. The van der Waals surface area contributed by atoms with Gasteiger partial charge in [-0.05, 0) is 42.5 Å². The number of halogens is 2. The molecule has 0 saturated carbocycles. The zero-order valence-corrected chi connectivity index (χ0v) is 18.5. The number of aliphatic hydroxyl groups is 2. The second kappa shape index (κ2) is 13.6. The molecule has 33 heavy (non-hydrogen) atoms. The number of carbonyl (C=O) groups excluding carboxylic acids is 2. The number of carbonyl (C=O) groups is 2. The second-order valence-electron chi connectivity index (χ2n) is 7.85. The van der Waals surface area contributed by atoms with Gasteiger partial charge in [-0.3, -0.25) is 9.59 Å². The summed E-state index contributed by atoms with van der Waals surface area (Å²) in [5.74, 6) is -2.36. The van der Waals surface area contributed by atoms with Gasteiger partial charge < -0.3 is 25.6 Å². The Bertz CT molecular complexity index is 877. The minimum absolute atomic E-state index is 0.00767. The van der Waals surface area contributed by atoms with Crippen molar-refractivity contribution < 1.29 is 33.3 Å². The average Bonchev–Trinajstić information content (AvgIpc) is 2.73. The molecule has 1 unspecified atom stereocenters. The number of ether oxygens (including phenoxy) is 1. The number of amides is 2. The van der Waals surface area contributed by atoms with Crippen LogP contribution in [-0.2, 0) is 27.4 Å². The van der Waals surface area contributed by atoms with Gasteiger partial charge in [0.1, 0.15) is 18.2 Å². The van der Waals surface area contributed by atoms with E-state index < -0.39 is 41.6 Å². The zero-order valence-electron chi connectivity index (χ0n) is 18.5. The molecule has 2 rings (SSSR count). The van der Waals surface area contributed by atoms with E-state index in [9.17, 15) is 28.6 Å². The van der Waals surface area contributed by atoms with Crippen molar-refractivity contribution in [1.82, 2.24) is 10.6 Å². The molecule has 0 heterocycles. The molecule has 0 bridgehead atoms. The molecule has 4 N–H and O–H groups in total. The predicted octanol–water partition coefficient (Wildman–Crippen LogP) is 1.85. The van der Waals surface area contributed by atoms with Gasteiger partial charge in [0, 0.05) is 25.6 Å². The van der Waals surface area contributed by atoms with Crippen LogP contribution in [0.1, 0.15) is 30.9 Å². The largest absolute Gasteiger partial charge is 0.396 e. The molecule has 0 aliphatic heterocycles. The van der Waals surface area contributed by atoms with Crippen LogP contribution in [0.3, 0.4) is 0 Å². The molecule has 3 atom stereocenters. The third-order valence-corrected chi connectivity index (χ3v) is 4.94. The summed E-state index contributed by atoms with van der Waals surface area (Å²) in [6.45, 7) is 1.09. The van der Waals surface area contributed by atoms with E-state index in [-0.39, 0.29) is 44.6 Å². The van der Waals surface area contributed by atoms with Crippen LogP contribution in [0.15, 0.2) is 48.5 Å². The van der Waals surface area contributed by atoms with Gasteiger partial charge in [-0.25, -0.2) is 8.78 Å². The lowest BCUT2D eigenvalue weighted by Crippen LogP contribution is -2.48. The molecule has 2 aromatic carbocycles. The molecule has 7 nitrogen and oxygen atoms in total. The van der Waals surface area contributed by atoms with Crippen molar-refractivity contribution in [3.8, 4) is 0 Å². The molecule has 0 radical (unpaired) electrons. The third kappa shape index (κ3) is 10.1. The lowest BCUT2D eigenvalue weighted by Gasteiger charge is -2.28. The fourth-order valence-electron chi connectivity index (χ4n) is 3.49. The molecule has 2 amide bonds. The van der Waals surface area contributed by atoms with Crippen LogP contribution in [-0.4, -0.2) is 53.4 Å². The highest BCUT2D eigenvalue weighted by molar-refractivity contribution is 5.77. The summed E-state index contributed by atoms with van der Waals surface area (Å²) in [5, 5.41) is 25.4. The van der Waals surface area contributed by atoms with Gasteiger partial charge in [-0.2, -0.15) is 0 Å². The summed E-state index contributed by atoms with van der Waals surface area (Å²) in [4.78, 5) is 23.9. The van der Waals surface area contributed by atoms with E-state index in [0.29, 0.717) is 0 Å². The van der Waals surface area contributed by atoms with Crippen LogP contribution in [0.4, 0.5) is 8.78 Å². The Morgan fingerprint density at radius 1 is 1.03 bits per heavy atom. The first-order valence-electron chi connectivity index (χ1n) is 10.7. The maximum Gasteiger partial charge on any atom is 0.246 e. The van der Waals surface area contributed by atoms with Crippen LogP contribution in [0, 0.1) is 11.6 Å². The Labute approximate surface area is 191 Å². The van der Waals surface area contributed by atoms with Crippen molar-refractivity contribution in [2.75, 3.05) is 13.2 Å². The summed E-state index contributed by atoms with van der Waals surface area (Å²) < 4.78 is 32.5. The zero-order chi connectivity index (χ0) is 24.2. The number of hydrogen-bond donors (Lipinski definition) is 4. The number of aliphatic hydroxyl groups excluding tert-OH is 2. The smallest absolute Gasteiger partial charge is 0.246 e. The van der Waals surface area contributed by atoms with E-state index in [4.69, 9.17) is 4.74 Å². The van der Waals surface area contributed by atoms with E-state index >= 15 is 0 Å². The highest BCUT2D eigenvalue weighted by Crippen LogP contribution is 2.15. The van der Waals surface area contributed by atoms with Crippen molar-refractivity contribution in [2.45, 2.75) is 51.0 Å². The fraction of sp³-hybridized carbons (Fsp3) is 0.417. The molecule has 0 aliphatic rings. The van der Waals surface area contributed by atoms with Crippen molar-refractivity contribution in [2.24, 2.45) is 0 Å². The Kier molecular flexibility index (Phi) is 10.9. The molecule has 0 fully saturated rings. The molecule has 180 valence electrons. The van der Waals surface area contributed by atoms with Gasteiger partial charge in [0.05, 0.1) is 18.8 Å². The molecule has 9 heteroatoms. The summed E-state index contributed by atoms with van der Waals surface area (Å²) in [6.07, 6.45) is -0.992. The van der Waals surface area contributed by atoms with Gasteiger partial charge in [0.25, 0.3) is 0 Å². The van der Waals surface area contributed by atoms with Gasteiger partial charge in [0.15, 0.2) is 0 Å². The van der Waals surface area contributed by atoms with Crippen molar-refractivity contribution >= 4 is 11.8 Å².